The molecule has 2 N–H and O–H groups in total. The third-order valence-corrected chi connectivity index (χ3v) is 7.09. The minimum Gasteiger partial charge on any atom is -0.378 e. The average Bonchev–Trinajstić information content (AvgIpc) is 3.20. The Morgan fingerprint density at radius 2 is 1.75 bits per heavy atom. The number of anilines is 1. The van der Waals surface area contributed by atoms with Gasteiger partial charge in [-0.3, -0.25) is 9.59 Å². The van der Waals surface area contributed by atoms with Crippen molar-refractivity contribution < 1.29 is 26.6 Å². The number of nitrogens with zero attached hydrogens (tertiary/aromatic N) is 2. The minimum absolute atomic E-state index is 0.0107. The SMILES string of the molecule is O=C(C[C@@H]1S/C(=N\N=C/c2ccccc2OS(=O)(=O)c2ccccc2)NC1=O)Nc1ccc(F)cc1. The normalized spacial score (nSPS) is 16.8. The van der Waals surface area contributed by atoms with Crippen molar-refractivity contribution in [1.29, 1.82) is 0 Å². The zero-order chi connectivity index (χ0) is 25.5. The van der Waals surface area contributed by atoms with Gasteiger partial charge in [0.25, 0.3) is 0 Å². The Bertz CT molecular complexity index is 1430. The highest BCUT2D eigenvalue weighted by Crippen LogP contribution is 2.24. The molecule has 12 heteroatoms. The smallest absolute Gasteiger partial charge is 0.339 e. The number of para-hydroxylation sites is 1. The molecule has 0 spiro atoms. The van der Waals surface area contributed by atoms with Crippen LogP contribution >= 0.6 is 11.8 Å². The number of nitrogens with one attached hydrogen (secondary N) is 2. The maximum Gasteiger partial charge on any atom is 0.339 e. The van der Waals surface area contributed by atoms with Gasteiger partial charge in [-0.25, -0.2) is 4.39 Å². The van der Waals surface area contributed by atoms with Gasteiger partial charge in [-0.15, -0.1) is 5.10 Å². The third kappa shape index (κ3) is 6.55. The van der Waals surface area contributed by atoms with E-state index in [1.54, 1.807) is 36.4 Å². The fourth-order valence-electron chi connectivity index (χ4n) is 3.06. The summed E-state index contributed by atoms with van der Waals surface area (Å²) in [6, 6.07) is 19.4. The van der Waals surface area contributed by atoms with E-state index in [1.165, 1.54) is 48.7 Å². The first-order chi connectivity index (χ1) is 17.3. The molecule has 0 saturated carbocycles. The van der Waals surface area contributed by atoms with Crippen molar-refractivity contribution in [3.63, 3.8) is 0 Å². The number of carbonyl (C=O) groups is 2. The van der Waals surface area contributed by atoms with Gasteiger partial charge in [0.15, 0.2) is 10.9 Å². The number of halogens is 1. The number of rotatable bonds is 8. The summed E-state index contributed by atoms with van der Waals surface area (Å²) >= 11 is 1.03. The van der Waals surface area contributed by atoms with E-state index >= 15 is 0 Å². The molecular formula is C24H19FN4O5S2. The first kappa shape index (κ1) is 25.1. The molecular weight excluding hydrogens is 507 g/mol. The Balaban J connectivity index is 1.38. The van der Waals surface area contributed by atoms with Gasteiger partial charge in [-0.1, -0.05) is 42.1 Å². The Kier molecular flexibility index (Phi) is 7.76. The molecule has 36 heavy (non-hydrogen) atoms. The van der Waals surface area contributed by atoms with Crippen LogP contribution in [-0.4, -0.2) is 36.9 Å². The van der Waals surface area contributed by atoms with Crippen molar-refractivity contribution >= 4 is 50.8 Å². The molecule has 0 aromatic heterocycles. The highest BCUT2D eigenvalue weighted by atomic mass is 32.2. The molecule has 1 atom stereocenters. The van der Waals surface area contributed by atoms with E-state index in [4.69, 9.17) is 4.18 Å². The van der Waals surface area contributed by atoms with Crippen LogP contribution in [0.1, 0.15) is 12.0 Å². The van der Waals surface area contributed by atoms with Crippen LogP contribution in [0.25, 0.3) is 0 Å². The summed E-state index contributed by atoms with van der Waals surface area (Å²) in [5, 5.41) is 12.5. The quantitative estimate of drug-likeness (QED) is 0.263. The van der Waals surface area contributed by atoms with Crippen molar-refractivity contribution in [2.45, 2.75) is 16.6 Å². The Hall–Kier alpha value is -4.03. The topological polar surface area (TPSA) is 126 Å². The Labute approximate surface area is 210 Å². The molecule has 0 radical (unpaired) electrons. The summed E-state index contributed by atoms with van der Waals surface area (Å²) in [5.41, 5.74) is 0.768. The standard InChI is InChI=1S/C24H19FN4O5S2/c25-17-10-12-18(13-11-17)27-22(30)14-21-23(31)28-24(35-21)29-26-15-16-6-4-5-9-20(16)34-36(32,33)19-7-2-1-3-8-19/h1-13,15,21H,14H2,(H,27,30)(H,28,29,31)/b26-15-/t21-/m0/s1. The van der Waals surface area contributed by atoms with Crippen LogP contribution in [0.5, 0.6) is 5.75 Å². The number of thioether (sulfide) groups is 1. The number of benzene rings is 3. The van der Waals surface area contributed by atoms with Crippen LogP contribution in [0.3, 0.4) is 0 Å². The van der Waals surface area contributed by atoms with E-state index in [0.29, 0.717) is 11.3 Å². The fraction of sp³-hybridized carbons (Fsp3) is 0.0833. The molecule has 1 fully saturated rings. The van der Waals surface area contributed by atoms with Crippen molar-refractivity contribution in [3.05, 3.63) is 90.2 Å². The second kappa shape index (κ2) is 11.1. The van der Waals surface area contributed by atoms with Gasteiger partial charge in [0, 0.05) is 17.7 Å². The van der Waals surface area contributed by atoms with Crippen LogP contribution in [0.2, 0.25) is 0 Å². The van der Waals surface area contributed by atoms with Gasteiger partial charge in [0.1, 0.15) is 16.0 Å². The second-order valence-electron chi connectivity index (χ2n) is 7.39. The van der Waals surface area contributed by atoms with E-state index in [2.05, 4.69) is 20.8 Å². The number of carbonyl (C=O) groups excluding carboxylic acids is 2. The summed E-state index contributed by atoms with van der Waals surface area (Å²) in [6.45, 7) is 0. The maximum atomic E-state index is 13.0. The van der Waals surface area contributed by atoms with Gasteiger partial charge in [0.2, 0.25) is 11.8 Å². The van der Waals surface area contributed by atoms with E-state index < -0.39 is 33.0 Å². The van der Waals surface area contributed by atoms with E-state index in [9.17, 15) is 22.4 Å². The maximum absolute atomic E-state index is 13.0. The molecule has 1 saturated heterocycles. The second-order valence-corrected chi connectivity index (χ2v) is 10.1. The lowest BCUT2D eigenvalue weighted by Gasteiger charge is -2.08. The Morgan fingerprint density at radius 1 is 1.06 bits per heavy atom. The van der Waals surface area contributed by atoms with Crippen LogP contribution in [0, 0.1) is 5.82 Å². The van der Waals surface area contributed by atoms with Gasteiger partial charge in [-0.05, 0) is 48.5 Å². The molecule has 0 aliphatic carbocycles. The van der Waals surface area contributed by atoms with E-state index in [-0.39, 0.29) is 22.2 Å². The van der Waals surface area contributed by atoms with Crippen molar-refractivity contribution in [2.75, 3.05) is 5.32 Å². The van der Waals surface area contributed by atoms with Gasteiger partial charge in [-0.2, -0.15) is 13.5 Å². The highest BCUT2D eigenvalue weighted by molar-refractivity contribution is 8.15. The number of hydrogen-bond donors (Lipinski definition) is 2. The van der Waals surface area contributed by atoms with Crippen LogP contribution in [-0.2, 0) is 19.7 Å². The molecule has 1 aliphatic rings. The summed E-state index contributed by atoms with van der Waals surface area (Å²) in [7, 11) is -4.04. The van der Waals surface area contributed by atoms with Gasteiger partial charge < -0.3 is 14.8 Å². The van der Waals surface area contributed by atoms with Crippen LogP contribution in [0.4, 0.5) is 10.1 Å². The van der Waals surface area contributed by atoms with Crippen LogP contribution in [0.15, 0.2) is 94.0 Å². The largest absolute Gasteiger partial charge is 0.378 e. The summed E-state index contributed by atoms with van der Waals surface area (Å²) in [5.74, 6) is -1.18. The summed E-state index contributed by atoms with van der Waals surface area (Å²) < 4.78 is 43.3. The zero-order valence-corrected chi connectivity index (χ0v) is 20.1. The molecule has 2 amide bonds. The number of amidine groups is 1. The highest BCUT2D eigenvalue weighted by Gasteiger charge is 2.32. The molecule has 1 heterocycles. The molecule has 0 bridgehead atoms. The lowest BCUT2D eigenvalue weighted by atomic mass is 10.2. The molecule has 9 nitrogen and oxygen atoms in total. The van der Waals surface area contributed by atoms with Crippen LogP contribution < -0.4 is 14.8 Å². The first-order valence-corrected chi connectivity index (χ1v) is 12.8. The van der Waals surface area contributed by atoms with Gasteiger partial charge >= 0.3 is 10.1 Å². The molecule has 3 aromatic rings. The average molecular weight is 527 g/mol. The number of amides is 2. The predicted octanol–water partition coefficient (Wildman–Crippen LogP) is 3.54. The van der Waals surface area contributed by atoms with E-state index in [0.717, 1.165) is 11.8 Å². The van der Waals surface area contributed by atoms with Crippen molar-refractivity contribution in [1.82, 2.24) is 5.32 Å². The van der Waals surface area contributed by atoms with Crippen molar-refractivity contribution in [2.24, 2.45) is 10.2 Å². The summed E-state index contributed by atoms with van der Waals surface area (Å²) in [4.78, 5) is 24.5. The molecule has 0 unspecified atom stereocenters. The first-order valence-electron chi connectivity index (χ1n) is 10.5. The minimum atomic E-state index is -4.04. The molecule has 4 rings (SSSR count). The fourth-order valence-corrected chi connectivity index (χ4v) is 4.96. The van der Waals surface area contributed by atoms with Crippen molar-refractivity contribution in [3.8, 4) is 5.75 Å². The van der Waals surface area contributed by atoms with E-state index in [1.807, 2.05) is 0 Å². The lowest BCUT2D eigenvalue weighted by Crippen LogP contribution is -2.28. The van der Waals surface area contributed by atoms with Gasteiger partial charge in [0.05, 0.1) is 6.21 Å². The zero-order valence-electron chi connectivity index (χ0n) is 18.5. The predicted molar refractivity (Wildman–Crippen MR) is 135 cm³/mol. The Morgan fingerprint density at radius 3 is 2.50 bits per heavy atom. The third-order valence-electron chi connectivity index (χ3n) is 4.77. The number of hydrogen-bond acceptors (Lipinski definition) is 8. The lowest BCUT2D eigenvalue weighted by molar-refractivity contribution is -0.122. The summed E-state index contributed by atoms with van der Waals surface area (Å²) in [6.07, 6.45) is 1.18. The molecule has 184 valence electrons. The molecule has 3 aromatic carbocycles. The monoisotopic (exact) mass is 526 g/mol. The molecule has 1 aliphatic heterocycles.